The number of rotatable bonds is 9. The summed E-state index contributed by atoms with van der Waals surface area (Å²) in [6, 6.07) is 9.16. The van der Waals surface area contributed by atoms with Gasteiger partial charge in [0.05, 0.1) is 17.9 Å². The van der Waals surface area contributed by atoms with Gasteiger partial charge < -0.3 is 10.2 Å². The van der Waals surface area contributed by atoms with Crippen LogP contribution in [0.25, 0.3) is 5.69 Å². The van der Waals surface area contributed by atoms with Gasteiger partial charge in [0.1, 0.15) is 5.82 Å². The second-order valence-electron chi connectivity index (χ2n) is 8.47. The van der Waals surface area contributed by atoms with Crippen LogP contribution in [0, 0.1) is 0 Å². The van der Waals surface area contributed by atoms with Crippen molar-refractivity contribution in [2.24, 2.45) is 0 Å². The van der Waals surface area contributed by atoms with Crippen LogP contribution in [0.15, 0.2) is 30.3 Å². The number of nitrogens with zero attached hydrogens (tertiary/aromatic N) is 3. The van der Waals surface area contributed by atoms with Gasteiger partial charge in [-0.1, -0.05) is 52.1 Å². The Balaban J connectivity index is 2.19. The summed E-state index contributed by atoms with van der Waals surface area (Å²) in [7, 11) is 0. The van der Waals surface area contributed by atoms with E-state index in [1.54, 1.807) is 21.7 Å². The second-order valence-corrected chi connectivity index (χ2v) is 8.90. The summed E-state index contributed by atoms with van der Waals surface area (Å²) in [6.45, 7) is 10.7. The van der Waals surface area contributed by atoms with Crippen LogP contribution in [-0.2, 0) is 15.0 Å². The molecule has 1 aromatic heterocycles. The fourth-order valence-corrected chi connectivity index (χ4v) is 3.16. The number of hydrogen-bond donors (Lipinski definition) is 1. The monoisotopic (exact) mass is 432 g/mol. The van der Waals surface area contributed by atoms with Gasteiger partial charge in [-0.25, -0.2) is 4.68 Å². The van der Waals surface area contributed by atoms with Gasteiger partial charge in [-0.3, -0.25) is 9.59 Å². The third kappa shape index (κ3) is 6.59. The maximum Gasteiger partial charge on any atom is 0.245 e. The number of anilines is 1. The second kappa shape index (κ2) is 10.6. The number of amides is 2. The van der Waals surface area contributed by atoms with Crippen molar-refractivity contribution >= 4 is 29.2 Å². The Labute approximate surface area is 184 Å². The van der Waals surface area contributed by atoms with Crippen molar-refractivity contribution in [3.8, 4) is 5.69 Å². The fraction of sp³-hybridized carbons (Fsp3) is 0.522. The van der Waals surface area contributed by atoms with Gasteiger partial charge >= 0.3 is 0 Å². The third-order valence-corrected chi connectivity index (χ3v) is 5.13. The molecule has 0 radical (unpaired) electrons. The summed E-state index contributed by atoms with van der Waals surface area (Å²) in [6.07, 6.45) is 3.41. The predicted octanol–water partition coefficient (Wildman–Crippen LogP) is 5.19. The number of halogens is 1. The Morgan fingerprint density at radius 3 is 2.37 bits per heavy atom. The Kier molecular flexibility index (Phi) is 8.47. The molecule has 7 heteroatoms. The van der Waals surface area contributed by atoms with Crippen molar-refractivity contribution in [3.63, 3.8) is 0 Å². The van der Waals surface area contributed by atoms with E-state index in [0.717, 1.165) is 30.6 Å². The zero-order valence-corrected chi connectivity index (χ0v) is 19.4. The number of aromatic nitrogens is 2. The number of carbonyl (C=O) groups excluding carboxylic acids is 2. The van der Waals surface area contributed by atoms with Gasteiger partial charge in [0, 0.05) is 29.5 Å². The van der Waals surface area contributed by atoms with Gasteiger partial charge in [0.15, 0.2) is 0 Å². The summed E-state index contributed by atoms with van der Waals surface area (Å²) >= 11 is 6.01. The molecule has 0 spiro atoms. The molecule has 1 heterocycles. The Morgan fingerprint density at radius 2 is 1.80 bits per heavy atom. The maximum atomic E-state index is 12.7. The molecular formula is C23H33ClN4O2. The van der Waals surface area contributed by atoms with Crippen LogP contribution in [0.2, 0.25) is 5.02 Å². The van der Waals surface area contributed by atoms with Crippen LogP contribution in [0.4, 0.5) is 5.82 Å². The van der Waals surface area contributed by atoms with Crippen LogP contribution < -0.4 is 5.32 Å². The number of benzene rings is 1. The van der Waals surface area contributed by atoms with E-state index in [2.05, 4.69) is 33.0 Å². The van der Waals surface area contributed by atoms with Crippen LogP contribution in [0.3, 0.4) is 0 Å². The Bertz CT molecular complexity index is 853. The summed E-state index contributed by atoms with van der Waals surface area (Å²) in [5.41, 5.74) is 1.48. The summed E-state index contributed by atoms with van der Waals surface area (Å²) in [5, 5.41) is 8.27. The molecule has 0 aliphatic rings. The van der Waals surface area contributed by atoms with Crippen LogP contribution >= 0.6 is 11.6 Å². The molecule has 0 unspecified atom stereocenters. The lowest BCUT2D eigenvalue weighted by atomic mass is 9.92. The molecule has 0 saturated carbocycles. The van der Waals surface area contributed by atoms with E-state index < -0.39 is 0 Å². The van der Waals surface area contributed by atoms with Gasteiger partial charge in [-0.15, -0.1) is 0 Å². The molecule has 0 bridgehead atoms. The molecule has 0 aliphatic heterocycles. The van der Waals surface area contributed by atoms with Crippen LogP contribution in [-0.4, -0.2) is 39.6 Å². The average Bonchev–Trinajstić information content (AvgIpc) is 3.11. The summed E-state index contributed by atoms with van der Waals surface area (Å²) in [5.74, 6) is 0.348. The first kappa shape index (κ1) is 23.9. The molecule has 2 aromatic rings. The molecule has 2 rings (SSSR count). The first-order valence-corrected chi connectivity index (χ1v) is 11.0. The first-order valence-electron chi connectivity index (χ1n) is 10.6. The molecule has 164 valence electrons. The molecule has 0 fully saturated rings. The molecule has 0 saturated heterocycles. The molecule has 30 heavy (non-hydrogen) atoms. The van der Waals surface area contributed by atoms with Crippen molar-refractivity contribution in [2.75, 3.05) is 18.4 Å². The number of likely N-dealkylation sites (N-methyl/N-ethyl adjacent to an activating group) is 1. The predicted molar refractivity (Wildman–Crippen MR) is 122 cm³/mol. The smallest absolute Gasteiger partial charge is 0.245 e. The Morgan fingerprint density at radius 1 is 1.13 bits per heavy atom. The van der Waals surface area contributed by atoms with Crippen molar-refractivity contribution in [3.05, 3.63) is 41.0 Å². The van der Waals surface area contributed by atoms with E-state index in [9.17, 15) is 9.59 Å². The average molecular weight is 433 g/mol. The van der Waals surface area contributed by atoms with E-state index in [4.69, 9.17) is 16.7 Å². The van der Waals surface area contributed by atoms with E-state index >= 15 is 0 Å². The van der Waals surface area contributed by atoms with Crippen LogP contribution in [0.1, 0.15) is 66.0 Å². The highest BCUT2D eigenvalue weighted by molar-refractivity contribution is 6.30. The molecule has 1 aromatic carbocycles. The standard InChI is InChI=1S/C23H33ClN4O2/c1-6-8-9-10-22(30)27(7-2)16-21(29)25-20-15-19(23(3,4)5)26-28(20)18-13-11-17(24)12-14-18/h11-15H,6-10,16H2,1-5H3,(H,25,29). The lowest BCUT2D eigenvalue weighted by Gasteiger charge is -2.20. The van der Waals surface area contributed by atoms with Crippen molar-refractivity contribution < 1.29 is 9.59 Å². The molecule has 0 atom stereocenters. The molecule has 1 N–H and O–H groups in total. The maximum absolute atomic E-state index is 12.7. The summed E-state index contributed by atoms with van der Waals surface area (Å²) in [4.78, 5) is 26.8. The normalized spacial score (nSPS) is 11.4. The minimum atomic E-state index is -0.240. The SMILES string of the molecule is CCCCCC(=O)N(CC)CC(=O)Nc1cc(C(C)(C)C)nn1-c1ccc(Cl)cc1. The molecule has 2 amide bonds. The highest BCUT2D eigenvalue weighted by Crippen LogP contribution is 2.26. The van der Waals surface area contributed by atoms with Gasteiger partial charge in [-0.2, -0.15) is 5.10 Å². The fourth-order valence-electron chi connectivity index (χ4n) is 3.03. The van der Waals surface area contributed by atoms with Crippen molar-refractivity contribution in [2.45, 2.75) is 65.7 Å². The summed E-state index contributed by atoms with van der Waals surface area (Å²) < 4.78 is 1.70. The zero-order valence-electron chi connectivity index (χ0n) is 18.7. The zero-order chi connectivity index (χ0) is 22.3. The highest BCUT2D eigenvalue weighted by Gasteiger charge is 2.22. The number of unbranched alkanes of at least 4 members (excludes halogenated alkanes) is 2. The number of hydrogen-bond acceptors (Lipinski definition) is 3. The van der Waals surface area contributed by atoms with Crippen molar-refractivity contribution in [1.29, 1.82) is 0 Å². The van der Waals surface area contributed by atoms with E-state index in [1.165, 1.54) is 0 Å². The third-order valence-electron chi connectivity index (χ3n) is 4.88. The minimum Gasteiger partial charge on any atom is -0.334 e. The quantitative estimate of drug-likeness (QED) is 0.554. The topological polar surface area (TPSA) is 67.2 Å². The highest BCUT2D eigenvalue weighted by atomic mass is 35.5. The van der Waals surface area contributed by atoms with Gasteiger partial charge in [0.2, 0.25) is 11.8 Å². The lowest BCUT2D eigenvalue weighted by molar-refractivity contribution is -0.134. The van der Waals surface area contributed by atoms with Gasteiger partial charge in [-0.05, 0) is 37.6 Å². The molecular weight excluding hydrogens is 400 g/mol. The van der Waals surface area contributed by atoms with E-state index in [0.29, 0.717) is 23.8 Å². The number of nitrogens with one attached hydrogen (secondary N) is 1. The molecule has 0 aliphatic carbocycles. The van der Waals surface area contributed by atoms with Crippen LogP contribution in [0.5, 0.6) is 0 Å². The Hall–Kier alpha value is -2.34. The lowest BCUT2D eigenvalue weighted by Crippen LogP contribution is -2.38. The minimum absolute atomic E-state index is 0.0164. The van der Waals surface area contributed by atoms with E-state index in [1.807, 2.05) is 25.1 Å². The van der Waals surface area contributed by atoms with Gasteiger partial charge in [0.25, 0.3) is 0 Å². The first-order chi connectivity index (χ1) is 14.2. The van der Waals surface area contributed by atoms with Crippen molar-refractivity contribution in [1.82, 2.24) is 14.7 Å². The number of carbonyl (C=O) groups is 2. The van der Waals surface area contributed by atoms with E-state index in [-0.39, 0.29) is 23.8 Å². The molecule has 6 nitrogen and oxygen atoms in total. The largest absolute Gasteiger partial charge is 0.334 e.